The van der Waals surface area contributed by atoms with Gasteiger partial charge in [0.2, 0.25) is 5.91 Å². The van der Waals surface area contributed by atoms with Crippen molar-refractivity contribution in [1.29, 1.82) is 0 Å². The first-order valence-corrected chi connectivity index (χ1v) is 9.02. The topological polar surface area (TPSA) is 44.8 Å². The summed E-state index contributed by atoms with van der Waals surface area (Å²) in [5.74, 6) is 1.77. The second kappa shape index (κ2) is 5.77. The first-order valence-electron chi connectivity index (χ1n) is 9.02. The van der Waals surface area contributed by atoms with Crippen molar-refractivity contribution in [3.05, 3.63) is 0 Å². The highest BCUT2D eigenvalue weighted by Gasteiger charge is 2.56. The van der Waals surface area contributed by atoms with E-state index in [1.165, 1.54) is 12.8 Å². The van der Waals surface area contributed by atoms with E-state index in [1.54, 1.807) is 0 Å². The molecule has 124 valence electrons. The molecule has 4 aliphatic heterocycles. The van der Waals surface area contributed by atoms with Crippen molar-refractivity contribution in [2.24, 2.45) is 11.8 Å². The van der Waals surface area contributed by atoms with Crippen molar-refractivity contribution in [2.45, 2.75) is 57.3 Å². The Morgan fingerprint density at radius 1 is 1.23 bits per heavy atom. The van der Waals surface area contributed by atoms with Gasteiger partial charge in [-0.2, -0.15) is 0 Å². The standard InChI is InChI=1S/C17H29N3O2/c1-11(2)19-5-6-22-12(10-19)7-17(21)20-15-3-4-16(20)14-9-18-8-13(14)15/h11-16,18H,3-10H2,1-2H3/t12-,13-,14+,15-,16+/m0/s1. The quantitative estimate of drug-likeness (QED) is 0.833. The van der Waals surface area contributed by atoms with Crippen LogP contribution in [0.5, 0.6) is 0 Å². The molecule has 4 rings (SSSR count). The lowest BCUT2D eigenvalue weighted by molar-refractivity contribution is -0.138. The third-order valence-corrected chi connectivity index (χ3v) is 6.36. The number of carbonyl (C=O) groups is 1. The second-order valence-electron chi connectivity index (χ2n) is 7.78. The van der Waals surface area contributed by atoms with Gasteiger partial charge in [-0.15, -0.1) is 0 Å². The van der Waals surface area contributed by atoms with Crippen LogP contribution in [0.3, 0.4) is 0 Å². The summed E-state index contributed by atoms with van der Waals surface area (Å²) >= 11 is 0. The first-order chi connectivity index (χ1) is 10.6. The number of morpholine rings is 1. The van der Waals surface area contributed by atoms with Gasteiger partial charge in [-0.25, -0.2) is 0 Å². The highest BCUT2D eigenvalue weighted by atomic mass is 16.5. The molecule has 0 spiro atoms. The molecule has 22 heavy (non-hydrogen) atoms. The van der Waals surface area contributed by atoms with E-state index >= 15 is 0 Å². The molecule has 4 fully saturated rings. The Morgan fingerprint density at radius 2 is 1.91 bits per heavy atom. The predicted molar refractivity (Wildman–Crippen MR) is 84.6 cm³/mol. The fraction of sp³-hybridized carbons (Fsp3) is 0.941. The van der Waals surface area contributed by atoms with Gasteiger partial charge in [-0.05, 0) is 38.5 Å². The van der Waals surface area contributed by atoms with Crippen LogP contribution in [0.15, 0.2) is 0 Å². The van der Waals surface area contributed by atoms with Crippen molar-refractivity contribution >= 4 is 5.91 Å². The van der Waals surface area contributed by atoms with Crippen LogP contribution in [0.1, 0.15) is 33.1 Å². The van der Waals surface area contributed by atoms with Crippen molar-refractivity contribution in [3.63, 3.8) is 0 Å². The maximum Gasteiger partial charge on any atom is 0.225 e. The highest BCUT2D eigenvalue weighted by Crippen LogP contribution is 2.47. The molecule has 4 aliphatic rings. The number of amides is 1. The Morgan fingerprint density at radius 3 is 2.55 bits per heavy atom. The van der Waals surface area contributed by atoms with Crippen molar-refractivity contribution in [3.8, 4) is 0 Å². The number of ether oxygens (including phenoxy) is 1. The van der Waals surface area contributed by atoms with E-state index in [2.05, 4.69) is 29.0 Å². The van der Waals surface area contributed by atoms with Crippen LogP contribution in [-0.4, -0.2) is 72.7 Å². The fourth-order valence-electron chi connectivity index (χ4n) is 5.27. The Labute approximate surface area is 133 Å². The second-order valence-corrected chi connectivity index (χ2v) is 7.78. The lowest BCUT2D eigenvalue weighted by Gasteiger charge is -2.36. The van der Waals surface area contributed by atoms with Gasteiger partial charge in [0.1, 0.15) is 0 Å². The van der Waals surface area contributed by atoms with Crippen molar-refractivity contribution < 1.29 is 9.53 Å². The van der Waals surface area contributed by atoms with Crippen LogP contribution in [0.2, 0.25) is 0 Å². The molecule has 2 bridgehead atoms. The predicted octanol–water partition coefficient (Wildman–Crippen LogP) is 0.695. The summed E-state index contributed by atoms with van der Waals surface area (Å²) in [5.41, 5.74) is 0. The number of nitrogens with zero attached hydrogens (tertiary/aromatic N) is 2. The van der Waals surface area contributed by atoms with Crippen LogP contribution in [0, 0.1) is 11.8 Å². The number of nitrogens with one attached hydrogen (secondary N) is 1. The lowest BCUT2D eigenvalue weighted by Crippen LogP contribution is -2.48. The summed E-state index contributed by atoms with van der Waals surface area (Å²) in [6.07, 6.45) is 3.08. The number of fused-ring (bicyclic) bond motifs is 5. The highest BCUT2D eigenvalue weighted by molar-refractivity contribution is 5.78. The number of carbonyl (C=O) groups excluding carboxylic acids is 1. The number of hydrogen-bond acceptors (Lipinski definition) is 4. The van der Waals surface area contributed by atoms with E-state index in [0.717, 1.165) is 32.8 Å². The first kappa shape index (κ1) is 14.9. The Hall–Kier alpha value is -0.650. The molecule has 5 nitrogen and oxygen atoms in total. The molecule has 4 heterocycles. The molecular formula is C17H29N3O2. The molecule has 0 aromatic carbocycles. The van der Waals surface area contributed by atoms with Gasteiger partial charge in [0.05, 0.1) is 19.1 Å². The largest absolute Gasteiger partial charge is 0.375 e. The number of rotatable bonds is 3. The van der Waals surface area contributed by atoms with Crippen LogP contribution in [-0.2, 0) is 9.53 Å². The van der Waals surface area contributed by atoms with E-state index in [4.69, 9.17) is 4.74 Å². The van der Waals surface area contributed by atoms with E-state index in [-0.39, 0.29) is 6.10 Å². The van der Waals surface area contributed by atoms with E-state index in [9.17, 15) is 4.79 Å². The van der Waals surface area contributed by atoms with Crippen LogP contribution < -0.4 is 5.32 Å². The zero-order valence-electron chi connectivity index (χ0n) is 13.8. The molecule has 0 radical (unpaired) electrons. The Balaban J connectivity index is 1.39. The SMILES string of the molecule is CC(C)N1CCO[C@@H](CC(=O)N2[C@@H]3CC[C@H]2[C@H]2CNC[C@H]23)C1. The average Bonchev–Trinajstić information content (AvgIpc) is 3.19. The molecule has 1 N–H and O–H groups in total. The van der Waals surface area contributed by atoms with Crippen molar-refractivity contribution in [2.75, 3.05) is 32.8 Å². The fourth-order valence-corrected chi connectivity index (χ4v) is 5.27. The maximum absolute atomic E-state index is 12.9. The zero-order chi connectivity index (χ0) is 15.3. The number of hydrogen-bond donors (Lipinski definition) is 1. The Kier molecular flexibility index (Phi) is 3.91. The molecule has 4 saturated heterocycles. The van der Waals surface area contributed by atoms with Crippen molar-refractivity contribution in [1.82, 2.24) is 15.1 Å². The Bertz CT molecular complexity index is 424. The molecule has 0 aliphatic carbocycles. The van der Waals surface area contributed by atoms with Crippen LogP contribution >= 0.6 is 0 Å². The molecule has 0 aromatic heterocycles. The third kappa shape index (κ3) is 2.38. The minimum Gasteiger partial charge on any atom is -0.375 e. The zero-order valence-corrected chi connectivity index (χ0v) is 13.8. The molecule has 0 aromatic rings. The average molecular weight is 307 g/mol. The van der Waals surface area contributed by atoms with Gasteiger partial charge in [-0.3, -0.25) is 9.69 Å². The maximum atomic E-state index is 12.9. The minimum absolute atomic E-state index is 0.0848. The minimum atomic E-state index is 0.0848. The van der Waals surface area contributed by atoms with E-state index in [1.807, 2.05) is 0 Å². The molecule has 1 amide bonds. The van der Waals surface area contributed by atoms with Gasteiger partial charge >= 0.3 is 0 Å². The molecule has 0 saturated carbocycles. The normalized spacial score (nSPS) is 41.4. The van der Waals surface area contributed by atoms with Gasteiger partial charge in [0.25, 0.3) is 0 Å². The van der Waals surface area contributed by atoms with E-state index < -0.39 is 0 Å². The monoisotopic (exact) mass is 307 g/mol. The molecule has 0 unspecified atom stereocenters. The van der Waals surface area contributed by atoms with Gasteiger partial charge < -0.3 is 15.0 Å². The van der Waals surface area contributed by atoms with Gasteiger partial charge in [0, 0.05) is 44.3 Å². The summed E-state index contributed by atoms with van der Waals surface area (Å²) in [4.78, 5) is 17.6. The summed E-state index contributed by atoms with van der Waals surface area (Å²) in [7, 11) is 0. The van der Waals surface area contributed by atoms with Crippen LogP contribution in [0.25, 0.3) is 0 Å². The summed E-state index contributed by atoms with van der Waals surface area (Å²) in [6, 6.07) is 1.54. The van der Waals surface area contributed by atoms with Crippen LogP contribution in [0.4, 0.5) is 0 Å². The summed E-state index contributed by atoms with van der Waals surface area (Å²) in [5, 5.41) is 3.51. The molecule has 5 heteroatoms. The van der Waals surface area contributed by atoms with Gasteiger partial charge in [0.15, 0.2) is 0 Å². The van der Waals surface area contributed by atoms with E-state index in [0.29, 0.717) is 42.3 Å². The van der Waals surface area contributed by atoms with Gasteiger partial charge in [-0.1, -0.05) is 0 Å². The summed E-state index contributed by atoms with van der Waals surface area (Å²) in [6.45, 7) is 9.32. The third-order valence-electron chi connectivity index (χ3n) is 6.36. The molecular weight excluding hydrogens is 278 g/mol. The lowest BCUT2D eigenvalue weighted by atomic mass is 9.82. The summed E-state index contributed by atoms with van der Waals surface area (Å²) < 4.78 is 5.87. The smallest absolute Gasteiger partial charge is 0.225 e. The molecule has 5 atom stereocenters.